The van der Waals surface area contributed by atoms with E-state index in [2.05, 4.69) is 20.8 Å². The van der Waals surface area contributed by atoms with Crippen molar-refractivity contribution >= 4 is 23.4 Å². The summed E-state index contributed by atoms with van der Waals surface area (Å²) in [6.45, 7) is 1.99. The van der Waals surface area contributed by atoms with Gasteiger partial charge in [-0.15, -0.1) is 0 Å². The van der Waals surface area contributed by atoms with Crippen molar-refractivity contribution in [3.05, 3.63) is 60.0 Å². The van der Waals surface area contributed by atoms with Crippen LogP contribution in [0.4, 0.5) is 16.2 Å². The van der Waals surface area contributed by atoms with E-state index in [-0.39, 0.29) is 17.9 Å². The molecule has 0 atom stereocenters. The summed E-state index contributed by atoms with van der Waals surface area (Å²) in [5, 5.41) is 18.8. The zero-order chi connectivity index (χ0) is 21.8. The van der Waals surface area contributed by atoms with Crippen LogP contribution in [-0.4, -0.2) is 27.2 Å². The van der Waals surface area contributed by atoms with Crippen LogP contribution in [0.3, 0.4) is 0 Å². The van der Waals surface area contributed by atoms with Crippen LogP contribution in [0.5, 0.6) is 0 Å². The second-order valence-electron chi connectivity index (χ2n) is 7.87. The number of rotatable bonds is 5. The number of urea groups is 1. The average Bonchev–Trinajstić information content (AvgIpc) is 3.26. The maximum Gasteiger partial charge on any atom is 0.323 e. The van der Waals surface area contributed by atoms with Crippen LogP contribution in [0.25, 0.3) is 11.4 Å². The Hall–Kier alpha value is -3.68. The van der Waals surface area contributed by atoms with Gasteiger partial charge in [-0.2, -0.15) is 4.98 Å². The predicted octanol–water partition coefficient (Wildman–Crippen LogP) is 5.05. The summed E-state index contributed by atoms with van der Waals surface area (Å²) in [5.74, 6) is 0.126. The Morgan fingerprint density at radius 1 is 0.935 bits per heavy atom. The molecule has 2 aromatic carbocycles. The topological polar surface area (TPSA) is 117 Å². The van der Waals surface area contributed by atoms with Gasteiger partial charge < -0.3 is 20.3 Å². The van der Waals surface area contributed by atoms with E-state index in [4.69, 9.17) is 9.63 Å². The monoisotopic (exact) mass is 420 g/mol. The number of hydrogen-bond donors (Lipinski definition) is 3. The molecular formula is C23H24N4O4. The molecule has 1 saturated carbocycles. The Morgan fingerprint density at radius 2 is 1.52 bits per heavy atom. The number of hydrogen-bond acceptors (Lipinski definition) is 5. The quantitative estimate of drug-likeness (QED) is 0.532. The van der Waals surface area contributed by atoms with Gasteiger partial charge in [-0.05, 0) is 69.0 Å². The molecule has 1 aliphatic carbocycles. The molecule has 0 aliphatic heterocycles. The van der Waals surface area contributed by atoms with Crippen molar-refractivity contribution in [2.24, 2.45) is 5.92 Å². The number of aromatic nitrogens is 2. The van der Waals surface area contributed by atoms with Crippen molar-refractivity contribution in [2.45, 2.75) is 38.5 Å². The van der Waals surface area contributed by atoms with Gasteiger partial charge in [-0.25, -0.2) is 4.79 Å². The molecule has 2 amide bonds. The molecule has 3 aromatic rings. The fourth-order valence-electron chi connectivity index (χ4n) is 3.74. The molecule has 1 heterocycles. The highest BCUT2D eigenvalue weighted by molar-refractivity contribution is 5.99. The maximum absolute atomic E-state index is 12.2. The molecule has 1 aromatic heterocycles. The van der Waals surface area contributed by atoms with Gasteiger partial charge in [0.1, 0.15) is 0 Å². The van der Waals surface area contributed by atoms with Crippen LogP contribution in [0.1, 0.15) is 43.1 Å². The van der Waals surface area contributed by atoms with Gasteiger partial charge in [0.05, 0.1) is 5.92 Å². The van der Waals surface area contributed by atoms with Crippen molar-refractivity contribution in [3.8, 4) is 11.4 Å². The molecule has 3 N–H and O–H groups in total. The number of nitrogens with one attached hydrogen (secondary N) is 2. The van der Waals surface area contributed by atoms with Crippen LogP contribution in [0.15, 0.2) is 53.1 Å². The first-order valence-electron chi connectivity index (χ1n) is 10.3. The van der Waals surface area contributed by atoms with Crippen molar-refractivity contribution in [3.63, 3.8) is 0 Å². The Labute approximate surface area is 179 Å². The number of carbonyl (C=O) groups is 2. The molecule has 0 bridgehead atoms. The van der Waals surface area contributed by atoms with Crippen molar-refractivity contribution in [1.82, 2.24) is 10.1 Å². The highest BCUT2D eigenvalue weighted by Crippen LogP contribution is 2.35. The molecule has 0 unspecified atom stereocenters. The highest BCUT2D eigenvalue weighted by Gasteiger charge is 2.29. The van der Waals surface area contributed by atoms with E-state index < -0.39 is 5.97 Å². The second-order valence-corrected chi connectivity index (χ2v) is 7.87. The van der Waals surface area contributed by atoms with E-state index >= 15 is 0 Å². The first kappa shape index (κ1) is 20.6. The normalized spacial score (nSPS) is 18.4. The van der Waals surface area contributed by atoms with Crippen LogP contribution in [-0.2, 0) is 4.79 Å². The summed E-state index contributed by atoms with van der Waals surface area (Å²) in [7, 11) is 0. The van der Waals surface area contributed by atoms with Crippen molar-refractivity contribution in [2.75, 3.05) is 10.6 Å². The molecule has 160 valence electrons. The maximum atomic E-state index is 12.2. The Kier molecular flexibility index (Phi) is 5.97. The summed E-state index contributed by atoms with van der Waals surface area (Å²) >= 11 is 0. The SMILES string of the molecule is Cc1ccc(NC(=O)Nc2ccc(-c3noc([C@H]4CC[C@H](C(=O)O)CC4)n3)cc2)cc1. The largest absolute Gasteiger partial charge is 0.481 e. The third-order valence-corrected chi connectivity index (χ3v) is 5.58. The third kappa shape index (κ3) is 5.09. The zero-order valence-corrected chi connectivity index (χ0v) is 17.2. The average molecular weight is 420 g/mol. The Bertz CT molecular complexity index is 1050. The molecule has 1 fully saturated rings. The first-order chi connectivity index (χ1) is 15.0. The Morgan fingerprint density at radius 3 is 2.10 bits per heavy atom. The minimum atomic E-state index is -0.731. The predicted molar refractivity (Wildman–Crippen MR) is 116 cm³/mol. The fraction of sp³-hybridized carbons (Fsp3) is 0.304. The number of aryl methyl sites for hydroxylation is 1. The molecule has 0 radical (unpaired) electrons. The molecular weight excluding hydrogens is 396 g/mol. The molecule has 31 heavy (non-hydrogen) atoms. The lowest BCUT2D eigenvalue weighted by molar-refractivity contribution is -0.142. The van der Waals surface area contributed by atoms with E-state index in [0.717, 1.165) is 29.7 Å². The fourth-order valence-corrected chi connectivity index (χ4v) is 3.74. The van der Waals surface area contributed by atoms with E-state index in [9.17, 15) is 9.59 Å². The van der Waals surface area contributed by atoms with Crippen LogP contribution in [0.2, 0.25) is 0 Å². The summed E-state index contributed by atoms with van der Waals surface area (Å²) < 4.78 is 5.44. The molecule has 1 aliphatic rings. The third-order valence-electron chi connectivity index (χ3n) is 5.58. The number of anilines is 2. The summed E-state index contributed by atoms with van der Waals surface area (Å²) in [5.41, 5.74) is 3.26. The lowest BCUT2D eigenvalue weighted by Gasteiger charge is -2.23. The van der Waals surface area contributed by atoms with Gasteiger partial charge in [-0.3, -0.25) is 4.79 Å². The number of carboxylic acids is 1. The summed E-state index contributed by atoms with van der Waals surface area (Å²) in [6, 6.07) is 14.4. The van der Waals surface area contributed by atoms with Gasteiger partial charge in [0.2, 0.25) is 11.7 Å². The first-order valence-corrected chi connectivity index (χ1v) is 10.3. The van der Waals surface area contributed by atoms with Gasteiger partial charge in [-0.1, -0.05) is 22.9 Å². The summed E-state index contributed by atoms with van der Waals surface area (Å²) in [4.78, 5) is 27.8. The molecule has 8 heteroatoms. The molecule has 0 saturated heterocycles. The van der Waals surface area contributed by atoms with Gasteiger partial charge in [0, 0.05) is 22.9 Å². The smallest absolute Gasteiger partial charge is 0.323 e. The van der Waals surface area contributed by atoms with Crippen LogP contribution >= 0.6 is 0 Å². The zero-order valence-electron chi connectivity index (χ0n) is 17.2. The number of carboxylic acid groups (broad SMARTS) is 1. The van der Waals surface area contributed by atoms with Crippen LogP contribution in [0, 0.1) is 12.8 Å². The van der Waals surface area contributed by atoms with Crippen LogP contribution < -0.4 is 10.6 Å². The van der Waals surface area contributed by atoms with Crippen molar-refractivity contribution < 1.29 is 19.2 Å². The van der Waals surface area contributed by atoms with Crippen molar-refractivity contribution in [1.29, 1.82) is 0 Å². The standard InChI is InChI=1S/C23H24N4O4/c1-14-2-10-18(11-3-14)24-23(30)25-19-12-8-15(9-13-19)20-26-21(31-27-20)16-4-6-17(7-5-16)22(28)29/h2-3,8-13,16-17H,4-7H2,1H3,(H,28,29)(H2,24,25,30)/t16-,17-. The van der Waals surface area contributed by atoms with Gasteiger partial charge in [0.25, 0.3) is 0 Å². The summed E-state index contributed by atoms with van der Waals surface area (Å²) in [6.07, 6.45) is 2.72. The van der Waals surface area contributed by atoms with E-state index in [1.807, 2.05) is 43.3 Å². The lowest BCUT2D eigenvalue weighted by Crippen LogP contribution is -2.20. The molecule has 0 spiro atoms. The number of amides is 2. The number of aliphatic carboxylic acids is 1. The molecule has 4 rings (SSSR count). The van der Waals surface area contributed by atoms with Gasteiger partial charge >= 0.3 is 12.0 Å². The number of carbonyl (C=O) groups excluding carboxylic acids is 1. The number of nitrogens with zero attached hydrogens (tertiary/aromatic N) is 2. The lowest BCUT2D eigenvalue weighted by atomic mass is 9.82. The Balaban J connectivity index is 1.35. The highest BCUT2D eigenvalue weighted by atomic mass is 16.5. The van der Waals surface area contributed by atoms with Gasteiger partial charge in [0.15, 0.2) is 0 Å². The van der Waals surface area contributed by atoms with E-state index in [0.29, 0.717) is 30.2 Å². The number of benzene rings is 2. The second kappa shape index (κ2) is 8.99. The minimum Gasteiger partial charge on any atom is -0.481 e. The van der Waals surface area contributed by atoms with E-state index in [1.54, 1.807) is 12.1 Å². The van der Waals surface area contributed by atoms with E-state index in [1.165, 1.54) is 0 Å². The minimum absolute atomic E-state index is 0.100. The molecule has 8 nitrogen and oxygen atoms in total.